The van der Waals surface area contributed by atoms with Crippen LogP contribution in [-0.2, 0) is 26.0 Å². The lowest BCUT2D eigenvalue weighted by Gasteiger charge is -2.27. The van der Waals surface area contributed by atoms with E-state index in [2.05, 4.69) is 5.32 Å². The lowest BCUT2D eigenvalue weighted by atomic mass is 10.1. The number of rotatable bonds is 12. The van der Waals surface area contributed by atoms with Gasteiger partial charge in [0.2, 0.25) is 5.91 Å². The molecule has 210 valence electrons. The number of nitrogens with one attached hydrogen (secondary N) is 1. The predicted octanol–water partition coefficient (Wildman–Crippen LogP) is 3.63. The van der Waals surface area contributed by atoms with E-state index in [0.717, 1.165) is 16.7 Å². The molecule has 0 saturated heterocycles. The highest BCUT2D eigenvalue weighted by Gasteiger charge is 2.43. The molecule has 0 spiro atoms. The number of hydrogen-bond donors (Lipinski definition) is 1. The van der Waals surface area contributed by atoms with Gasteiger partial charge < -0.3 is 19.5 Å². The Morgan fingerprint density at radius 1 is 0.975 bits per heavy atom. The maximum absolute atomic E-state index is 13.7. The molecule has 40 heavy (non-hydrogen) atoms. The fourth-order valence-electron chi connectivity index (χ4n) is 4.49. The van der Waals surface area contributed by atoms with Crippen LogP contribution in [0.15, 0.2) is 66.7 Å². The number of amides is 3. The lowest BCUT2D eigenvalue weighted by Crippen LogP contribution is -2.37. The Balaban J connectivity index is 1.61. The maximum Gasteiger partial charge on any atom is 0.264 e. The third-order valence-electron chi connectivity index (χ3n) is 6.21. The van der Waals surface area contributed by atoms with Gasteiger partial charge in [0.25, 0.3) is 11.8 Å². The number of nitrogens with zero attached hydrogens (tertiary/aromatic N) is 1. The zero-order valence-electron chi connectivity index (χ0n) is 22.4. The highest BCUT2D eigenvalue weighted by molar-refractivity contribution is 7.90. The Kier molecular flexibility index (Phi) is 8.86. The summed E-state index contributed by atoms with van der Waals surface area (Å²) in [7, 11) is -2.18. The summed E-state index contributed by atoms with van der Waals surface area (Å²) in [6.45, 7) is 2.06. The number of ether oxygens (including phenoxy) is 3. The van der Waals surface area contributed by atoms with E-state index in [1.807, 2.05) is 30.3 Å². The van der Waals surface area contributed by atoms with Gasteiger partial charge in [-0.3, -0.25) is 19.3 Å². The van der Waals surface area contributed by atoms with Crippen molar-refractivity contribution in [1.29, 1.82) is 0 Å². The summed E-state index contributed by atoms with van der Waals surface area (Å²) in [6, 6.07) is 17.5. The van der Waals surface area contributed by atoms with E-state index in [1.54, 1.807) is 31.2 Å². The van der Waals surface area contributed by atoms with E-state index in [-0.39, 0.29) is 30.0 Å². The molecule has 1 N–H and O–H groups in total. The minimum atomic E-state index is -3.65. The number of sulfone groups is 1. The van der Waals surface area contributed by atoms with Crippen molar-refractivity contribution in [2.75, 3.05) is 37.6 Å². The molecular formula is C29H30N2O8S. The van der Waals surface area contributed by atoms with Crippen molar-refractivity contribution < 1.29 is 37.0 Å². The average molecular weight is 567 g/mol. The van der Waals surface area contributed by atoms with E-state index in [9.17, 15) is 22.8 Å². The molecule has 4 rings (SSSR count). The van der Waals surface area contributed by atoms with Gasteiger partial charge in [0, 0.05) is 6.26 Å². The van der Waals surface area contributed by atoms with Gasteiger partial charge in [0.15, 0.2) is 11.5 Å². The fourth-order valence-corrected chi connectivity index (χ4v) is 5.40. The van der Waals surface area contributed by atoms with Crippen LogP contribution < -0.4 is 14.8 Å². The minimum absolute atomic E-state index is 0.0130. The highest BCUT2D eigenvalue weighted by Crippen LogP contribution is 2.38. The molecular weight excluding hydrogens is 536 g/mol. The first-order chi connectivity index (χ1) is 19.1. The van der Waals surface area contributed by atoms with Crippen LogP contribution in [0.2, 0.25) is 0 Å². The summed E-state index contributed by atoms with van der Waals surface area (Å²) in [6.07, 6.45) is 1.03. The van der Waals surface area contributed by atoms with Crippen LogP contribution in [0.5, 0.6) is 11.5 Å². The molecule has 0 fully saturated rings. The zero-order valence-corrected chi connectivity index (χ0v) is 23.2. The summed E-state index contributed by atoms with van der Waals surface area (Å²) in [5.74, 6) is -1.63. The Hall–Kier alpha value is -4.22. The van der Waals surface area contributed by atoms with Crippen molar-refractivity contribution in [3.05, 3.63) is 89.0 Å². The summed E-state index contributed by atoms with van der Waals surface area (Å²) in [4.78, 5) is 40.8. The SMILES string of the molecule is CCOc1cc([C@@H](CS(C)(=O)=O)N2C(=O)c3cccc(NC(=O)COCc4ccccc4)c3C2=O)ccc1OC. The molecule has 1 aliphatic heterocycles. The highest BCUT2D eigenvalue weighted by atomic mass is 32.2. The van der Waals surface area contributed by atoms with Crippen molar-refractivity contribution in [3.8, 4) is 11.5 Å². The second kappa shape index (κ2) is 12.3. The third-order valence-corrected chi connectivity index (χ3v) is 7.13. The molecule has 0 aliphatic carbocycles. The quantitative estimate of drug-likeness (QED) is 0.329. The molecule has 0 saturated carbocycles. The van der Waals surface area contributed by atoms with Gasteiger partial charge in [-0.2, -0.15) is 0 Å². The number of anilines is 1. The molecule has 0 radical (unpaired) electrons. The number of fused-ring (bicyclic) bond motifs is 1. The van der Waals surface area contributed by atoms with Crippen molar-refractivity contribution in [1.82, 2.24) is 4.90 Å². The Morgan fingerprint density at radius 3 is 2.40 bits per heavy atom. The van der Waals surface area contributed by atoms with E-state index in [1.165, 1.54) is 19.2 Å². The molecule has 0 unspecified atom stereocenters. The number of carbonyl (C=O) groups excluding carboxylic acids is 3. The second-order valence-electron chi connectivity index (χ2n) is 9.19. The molecule has 3 aromatic carbocycles. The van der Waals surface area contributed by atoms with Crippen LogP contribution in [0.4, 0.5) is 5.69 Å². The standard InChI is InChI=1S/C29H30N2O8S/c1-4-39-25-15-20(13-14-24(25)37-2)23(18-40(3,35)36)31-28(33)21-11-8-12-22(27(21)29(31)34)30-26(32)17-38-16-19-9-6-5-7-10-19/h5-15,23H,4,16-18H2,1-3H3,(H,30,32)/t23-/m1/s1. The first-order valence-electron chi connectivity index (χ1n) is 12.5. The smallest absolute Gasteiger partial charge is 0.264 e. The first-order valence-corrected chi connectivity index (χ1v) is 14.6. The van der Waals surface area contributed by atoms with Crippen LogP contribution in [0, 0.1) is 0 Å². The zero-order chi connectivity index (χ0) is 28.9. The Labute approximate surface area is 232 Å². The molecule has 1 heterocycles. The Morgan fingerprint density at radius 2 is 1.73 bits per heavy atom. The molecule has 0 bridgehead atoms. The lowest BCUT2D eigenvalue weighted by molar-refractivity contribution is -0.121. The third kappa shape index (κ3) is 6.49. The van der Waals surface area contributed by atoms with E-state index >= 15 is 0 Å². The number of methoxy groups -OCH3 is 1. The van der Waals surface area contributed by atoms with Crippen LogP contribution in [0.3, 0.4) is 0 Å². The average Bonchev–Trinajstić information content (AvgIpc) is 3.18. The van der Waals surface area contributed by atoms with Crippen LogP contribution in [0.1, 0.15) is 44.8 Å². The second-order valence-corrected chi connectivity index (χ2v) is 11.4. The summed E-state index contributed by atoms with van der Waals surface area (Å²) < 4.78 is 41.3. The summed E-state index contributed by atoms with van der Waals surface area (Å²) >= 11 is 0. The normalized spacial score (nSPS) is 13.6. The van der Waals surface area contributed by atoms with Crippen molar-refractivity contribution in [2.24, 2.45) is 0 Å². The van der Waals surface area contributed by atoms with E-state index in [4.69, 9.17) is 14.2 Å². The summed E-state index contributed by atoms with van der Waals surface area (Å²) in [5.41, 5.74) is 1.46. The van der Waals surface area contributed by atoms with Gasteiger partial charge in [-0.05, 0) is 42.3 Å². The van der Waals surface area contributed by atoms with Gasteiger partial charge in [-0.1, -0.05) is 42.5 Å². The van der Waals surface area contributed by atoms with Gasteiger partial charge in [0.05, 0.1) is 48.9 Å². The van der Waals surface area contributed by atoms with Crippen LogP contribution >= 0.6 is 0 Å². The van der Waals surface area contributed by atoms with E-state index in [0.29, 0.717) is 23.7 Å². The van der Waals surface area contributed by atoms with Gasteiger partial charge >= 0.3 is 0 Å². The number of imide groups is 1. The van der Waals surface area contributed by atoms with Gasteiger partial charge in [-0.15, -0.1) is 0 Å². The maximum atomic E-state index is 13.7. The molecule has 3 aromatic rings. The van der Waals surface area contributed by atoms with Gasteiger partial charge in [-0.25, -0.2) is 8.42 Å². The molecule has 1 atom stereocenters. The van der Waals surface area contributed by atoms with Gasteiger partial charge in [0.1, 0.15) is 16.4 Å². The van der Waals surface area contributed by atoms with Crippen molar-refractivity contribution in [3.63, 3.8) is 0 Å². The van der Waals surface area contributed by atoms with Crippen molar-refractivity contribution >= 4 is 33.2 Å². The van der Waals surface area contributed by atoms with Crippen LogP contribution in [-0.4, -0.2) is 63.4 Å². The van der Waals surface area contributed by atoms with Crippen LogP contribution in [0.25, 0.3) is 0 Å². The largest absolute Gasteiger partial charge is 0.493 e. The predicted molar refractivity (Wildman–Crippen MR) is 148 cm³/mol. The molecule has 10 nitrogen and oxygen atoms in total. The molecule has 3 amide bonds. The minimum Gasteiger partial charge on any atom is -0.493 e. The topological polar surface area (TPSA) is 128 Å². The molecule has 0 aromatic heterocycles. The number of benzene rings is 3. The van der Waals surface area contributed by atoms with E-state index < -0.39 is 39.4 Å². The monoisotopic (exact) mass is 566 g/mol. The Bertz CT molecular complexity index is 1520. The number of hydrogen-bond acceptors (Lipinski definition) is 8. The molecule has 11 heteroatoms. The van der Waals surface area contributed by atoms with Crippen molar-refractivity contribution in [2.45, 2.75) is 19.6 Å². The number of carbonyl (C=O) groups is 3. The first kappa shape index (κ1) is 28.8. The molecule has 1 aliphatic rings. The fraction of sp³-hybridized carbons (Fsp3) is 0.276. The summed E-state index contributed by atoms with van der Waals surface area (Å²) in [5, 5.41) is 2.65.